The number of benzene rings is 1. The Morgan fingerprint density at radius 3 is 2.78 bits per heavy atom. The van der Waals surface area contributed by atoms with E-state index in [4.69, 9.17) is 0 Å². The Labute approximate surface area is 160 Å². The van der Waals surface area contributed by atoms with E-state index in [1.165, 1.54) is 38.8 Å². The van der Waals surface area contributed by atoms with E-state index < -0.39 is 0 Å². The first-order valence-corrected chi connectivity index (χ1v) is 9.90. The van der Waals surface area contributed by atoms with Crippen LogP contribution in [-0.2, 0) is 0 Å². The molecule has 3 heterocycles. The second kappa shape index (κ2) is 8.05. The van der Waals surface area contributed by atoms with E-state index in [1.54, 1.807) is 0 Å². The summed E-state index contributed by atoms with van der Waals surface area (Å²) in [6.45, 7) is 5.41. The zero-order valence-electron chi connectivity index (χ0n) is 16.2. The van der Waals surface area contributed by atoms with E-state index in [9.17, 15) is 0 Å². The van der Waals surface area contributed by atoms with Crippen LogP contribution in [0.3, 0.4) is 0 Å². The normalized spacial score (nSPS) is 16.1. The van der Waals surface area contributed by atoms with Gasteiger partial charge in [0, 0.05) is 12.7 Å². The average Bonchev–Trinajstić information content (AvgIpc) is 3.10. The summed E-state index contributed by atoms with van der Waals surface area (Å²) >= 11 is 0. The lowest BCUT2D eigenvalue weighted by Crippen LogP contribution is -2.30. The molecule has 0 unspecified atom stereocenters. The molecule has 0 saturated carbocycles. The second-order valence-electron chi connectivity index (χ2n) is 7.61. The lowest BCUT2D eigenvalue weighted by Gasteiger charge is -2.28. The van der Waals surface area contributed by atoms with Gasteiger partial charge in [-0.3, -0.25) is 0 Å². The maximum absolute atomic E-state index is 4.65. The van der Waals surface area contributed by atoms with Gasteiger partial charge in [0.2, 0.25) is 5.95 Å². The van der Waals surface area contributed by atoms with Gasteiger partial charge in [-0.15, -0.1) is 0 Å². The molecule has 0 atom stereocenters. The monoisotopic (exact) mass is 364 g/mol. The molecule has 0 bridgehead atoms. The highest BCUT2D eigenvalue weighted by Crippen LogP contribution is 2.23. The van der Waals surface area contributed by atoms with E-state index in [0.717, 1.165) is 40.6 Å². The third-order valence-electron chi connectivity index (χ3n) is 5.53. The molecule has 0 radical (unpaired) electrons. The van der Waals surface area contributed by atoms with Crippen molar-refractivity contribution in [2.75, 3.05) is 32.0 Å². The maximum Gasteiger partial charge on any atom is 0.222 e. The minimum atomic E-state index is 0.704. The molecule has 1 aliphatic rings. The van der Waals surface area contributed by atoms with E-state index in [0.29, 0.717) is 5.95 Å². The van der Waals surface area contributed by atoms with E-state index in [-0.39, 0.29) is 0 Å². The van der Waals surface area contributed by atoms with Crippen LogP contribution in [0, 0.1) is 12.8 Å². The van der Waals surface area contributed by atoms with Crippen molar-refractivity contribution in [3.05, 3.63) is 36.2 Å². The first-order valence-electron chi connectivity index (χ1n) is 9.90. The molecule has 2 N–H and O–H groups in total. The number of aryl methyl sites for hydroxylation is 1. The molecule has 1 aromatic carbocycles. The number of aromatic nitrogens is 4. The summed E-state index contributed by atoms with van der Waals surface area (Å²) in [5.41, 5.74) is 3.87. The molecule has 6 nitrogen and oxygen atoms in total. The number of anilines is 1. The molecular weight excluding hydrogens is 336 g/mol. The number of nitrogens with zero attached hydrogens (tertiary/aromatic N) is 4. The maximum atomic E-state index is 4.65. The van der Waals surface area contributed by atoms with Crippen molar-refractivity contribution in [3.8, 4) is 11.4 Å². The highest BCUT2D eigenvalue weighted by molar-refractivity contribution is 5.79. The first-order chi connectivity index (χ1) is 13.2. The van der Waals surface area contributed by atoms with E-state index in [1.807, 2.05) is 37.4 Å². The van der Waals surface area contributed by atoms with Gasteiger partial charge < -0.3 is 15.2 Å². The molecule has 0 aliphatic carbocycles. The number of nitrogens with one attached hydrogen (secondary N) is 2. The number of rotatable bonds is 6. The number of likely N-dealkylation sites (tertiary alicyclic amines) is 1. The fourth-order valence-corrected chi connectivity index (χ4v) is 3.81. The highest BCUT2D eigenvalue weighted by Gasteiger charge is 2.16. The third kappa shape index (κ3) is 4.27. The highest BCUT2D eigenvalue weighted by atomic mass is 15.1. The van der Waals surface area contributed by atoms with Gasteiger partial charge in [0.25, 0.3) is 0 Å². The molecule has 0 spiro atoms. The zero-order chi connectivity index (χ0) is 18.6. The first kappa shape index (κ1) is 17.9. The summed E-state index contributed by atoms with van der Waals surface area (Å²) in [5, 5.41) is 3.38. The van der Waals surface area contributed by atoms with E-state index in [2.05, 4.69) is 37.2 Å². The summed E-state index contributed by atoms with van der Waals surface area (Å²) in [7, 11) is 2.21. The largest absolute Gasteiger partial charge is 0.354 e. The van der Waals surface area contributed by atoms with Crippen molar-refractivity contribution < 1.29 is 0 Å². The van der Waals surface area contributed by atoms with Crippen LogP contribution >= 0.6 is 0 Å². The van der Waals surface area contributed by atoms with Gasteiger partial charge in [-0.25, -0.2) is 15.0 Å². The second-order valence-corrected chi connectivity index (χ2v) is 7.61. The number of piperidine rings is 1. The lowest BCUT2D eigenvalue weighted by molar-refractivity contribution is 0.211. The van der Waals surface area contributed by atoms with E-state index >= 15 is 0 Å². The molecule has 27 heavy (non-hydrogen) atoms. The molecule has 3 aromatic rings. The fraction of sp³-hybridized carbons (Fsp3) is 0.476. The lowest BCUT2D eigenvalue weighted by atomic mass is 9.92. The molecule has 4 rings (SSSR count). The third-order valence-corrected chi connectivity index (χ3v) is 5.53. The number of hydrogen-bond donors (Lipinski definition) is 2. The summed E-state index contributed by atoms with van der Waals surface area (Å²) < 4.78 is 0. The molecule has 1 aliphatic heterocycles. The van der Waals surface area contributed by atoms with Gasteiger partial charge in [0.1, 0.15) is 5.82 Å². The topological polar surface area (TPSA) is 69.7 Å². The van der Waals surface area contributed by atoms with Gasteiger partial charge >= 0.3 is 0 Å². The minimum Gasteiger partial charge on any atom is -0.354 e. The number of aromatic amines is 1. The average molecular weight is 364 g/mol. The van der Waals surface area contributed by atoms with Crippen LogP contribution in [0.15, 0.2) is 30.5 Å². The van der Waals surface area contributed by atoms with Crippen LogP contribution in [0.4, 0.5) is 5.95 Å². The number of imidazole rings is 1. The van der Waals surface area contributed by atoms with Gasteiger partial charge in [-0.2, -0.15) is 0 Å². The number of fused-ring (bicyclic) bond motifs is 1. The summed E-state index contributed by atoms with van der Waals surface area (Å²) in [5.74, 6) is 2.40. The van der Waals surface area contributed by atoms with Crippen LogP contribution in [0.2, 0.25) is 0 Å². The standard InChI is InChI=1S/C21H28N6/c1-15-17(20-25-18-7-3-4-8-19(18)26-20)14-23-21(24-15)22-11-5-6-16-9-12-27(2)13-10-16/h3-4,7-8,14,16H,5-6,9-13H2,1-2H3,(H,25,26)(H,22,23,24). The molecule has 1 fully saturated rings. The Hall–Kier alpha value is -2.47. The Morgan fingerprint density at radius 2 is 2.00 bits per heavy atom. The molecule has 0 amide bonds. The Kier molecular flexibility index (Phi) is 5.34. The molecule has 6 heteroatoms. The van der Waals surface area contributed by atoms with Gasteiger partial charge in [-0.1, -0.05) is 12.1 Å². The molecule has 2 aromatic heterocycles. The van der Waals surface area contributed by atoms with Gasteiger partial charge in [-0.05, 0) is 70.8 Å². The molecule has 1 saturated heterocycles. The van der Waals surface area contributed by atoms with Crippen molar-refractivity contribution in [1.82, 2.24) is 24.8 Å². The zero-order valence-corrected chi connectivity index (χ0v) is 16.2. The Bertz CT molecular complexity index is 862. The van der Waals surface area contributed by atoms with Crippen LogP contribution in [0.25, 0.3) is 22.4 Å². The predicted octanol–water partition coefficient (Wildman–Crippen LogP) is 3.86. The van der Waals surface area contributed by atoms with Crippen molar-refractivity contribution >= 4 is 17.0 Å². The van der Waals surface area contributed by atoms with Crippen LogP contribution in [0.5, 0.6) is 0 Å². The smallest absolute Gasteiger partial charge is 0.222 e. The SMILES string of the molecule is Cc1nc(NCCCC2CCN(C)CC2)ncc1-c1nc2ccccc2[nH]1. The van der Waals surface area contributed by atoms with Gasteiger partial charge in [0.05, 0.1) is 22.3 Å². The van der Waals surface area contributed by atoms with Gasteiger partial charge in [0.15, 0.2) is 0 Å². The van der Waals surface area contributed by atoms with Crippen molar-refractivity contribution in [1.29, 1.82) is 0 Å². The summed E-state index contributed by atoms with van der Waals surface area (Å²) in [6.07, 6.45) is 6.98. The van der Waals surface area contributed by atoms with Crippen LogP contribution in [-0.4, -0.2) is 51.5 Å². The van der Waals surface area contributed by atoms with Crippen LogP contribution in [0.1, 0.15) is 31.4 Å². The Morgan fingerprint density at radius 1 is 1.19 bits per heavy atom. The summed E-state index contributed by atoms with van der Waals surface area (Å²) in [6, 6.07) is 8.04. The quantitative estimate of drug-likeness (QED) is 0.650. The Balaban J connectivity index is 1.33. The van der Waals surface area contributed by atoms with Crippen molar-refractivity contribution in [2.45, 2.75) is 32.6 Å². The number of H-pyrrole nitrogens is 1. The minimum absolute atomic E-state index is 0.704. The number of para-hydroxylation sites is 2. The fourth-order valence-electron chi connectivity index (χ4n) is 3.81. The molecule has 142 valence electrons. The molecular formula is C21H28N6. The predicted molar refractivity (Wildman–Crippen MR) is 110 cm³/mol. The summed E-state index contributed by atoms with van der Waals surface area (Å²) in [4.78, 5) is 19.5. The van der Waals surface area contributed by atoms with Crippen LogP contribution < -0.4 is 5.32 Å². The van der Waals surface area contributed by atoms with Crippen molar-refractivity contribution in [3.63, 3.8) is 0 Å². The van der Waals surface area contributed by atoms with Crippen molar-refractivity contribution in [2.24, 2.45) is 5.92 Å². The number of hydrogen-bond acceptors (Lipinski definition) is 5.